The van der Waals surface area contributed by atoms with Crippen molar-refractivity contribution in [2.45, 2.75) is 12.8 Å². The summed E-state index contributed by atoms with van der Waals surface area (Å²) in [6.07, 6.45) is 2.94. The number of carbonyl (C=O) groups is 1. The second kappa shape index (κ2) is 4.94. The Morgan fingerprint density at radius 2 is 2.29 bits per heavy atom. The zero-order valence-electron chi connectivity index (χ0n) is 9.24. The highest BCUT2D eigenvalue weighted by atomic mass is 19.1. The molecule has 1 aromatic heterocycles. The van der Waals surface area contributed by atoms with Crippen LogP contribution < -0.4 is 16.4 Å². The molecule has 1 aliphatic rings. The number of nitrogen functional groups attached to an aromatic ring is 1. The first-order valence-corrected chi connectivity index (χ1v) is 5.46. The summed E-state index contributed by atoms with van der Waals surface area (Å²) >= 11 is 0. The van der Waals surface area contributed by atoms with Crippen LogP contribution in [0.5, 0.6) is 0 Å². The maximum Gasteiger partial charge on any atom is 0.223 e. The van der Waals surface area contributed by atoms with Gasteiger partial charge in [-0.2, -0.15) is 4.98 Å². The molecule has 17 heavy (non-hydrogen) atoms. The third kappa shape index (κ3) is 3.27. The molecular formula is C10H14FN5O. The first-order chi connectivity index (χ1) is 8.16. The average Bonchev–Trinajstić information content (AvgIpc) is 3.12. The SMILES string of the molecule is Nc1ncc(F)c(NCCNC(=O)C2CC2)n1. The number of nitrogens with zero attached hydrogens (tertiary/aromatic N) is 2. The predicted molar refractivity (Wildman–Crippen MR) is 60.6 cm³/mol. The summed E-state index contributed by atoms with van der Waals surface area (Å²) in [4.78, 5) is 18.5. The van der Waals surface area contributed by atoms with E-state index < -0.39 is 5.82 Å². The van der Waals surface area contributed by atoms with E-state index in [-0.39, 0.29) is 23.6 Å². The molecule has 0 aliphatic heterocycles. The van der Waals surface area contributed by atoms with Crippen LogP contribution in [0.25, 0.3) is 0 Å². The third-order valence-electron chi connectivity index (χ3n) is 2.43. The lowest BCUT2D eigenvalue weighted by atomic mass is 10.4. The molecule has 92 valence electrons. The van der Waals surface area contributed by atoms with E-state index in [1.807, 2.05) is 0 Å². The van der Waals surface area contributed by atoms with Crippen molar-refractivity contribution in [3.63, 3.8) is 0 Å². The van der Waals surface area contributed by atoms with Crippen LogP contribution in [0, 0.1) is 11.7 Å². The van der Waals surface area contributed by atoms with Gasteiger partial charge in [0, 0.05) is 19.0 Å². The highest BCUT2D eigenvalue weighted by Gasteiger charge is 2.28. The second-order valence-electron chi connectivity index (χ2n) is 3.92. The van der Waals surface area contributed by atoms with Gasteiger partial charge in [-0.1, -0.05) is 0 Å². The summed E-state index contributed by atoms with van der Waals surface area (Å²) < 4.78 is 13.2. The first kappa shape index (κ1) is 11.6. The van der Waals surface area contributed by atoms with Gasteiger partial charge in [-0.3, -0.25) is 4.79 Å². The minimum Gasteiger partial charge on any atom is -0.368 e. The molecule has 6 nitrogen and oxygen atoms in total. The molecule has 1 aromatic rings. The van der Waals surface area contributed by atoms with Crippen LogP contribution in [-0.4, -0.2) is 29.0 Å². The largest absolute Gasteiger partial charge is 0.368 e. The summed E-state index contributed by atoms with van der Waals surface area (Å²) in [5.74, 6) is -0.252. The smallest absolute Gasteiger partial charge is 0.223 e. The Labute approximate surface area is 97.8 Å². The Hall–Kier alpha value is -1.92. The maximum atomic E-state index is 13.2. The van der Waals surface area contributed by atoms with Gasteiger partial charge in [-0.05, 0) is 12.8 Å². The zero-order chi connectivity index (χ0) is 12.3. The molecule has 0 aromatic carbocycles. The van der Waals surface area contributed by atoms with Gasteiger partial charge in [-0.15, -0.1) is 0 Å². The molecule has 0 atom stereocenters. The molecule has 0 radical (unpaired) electrons. The van der Waals surface area contributed by atoms with Gasteiger partial charge in [0.25, 0.3) is 0 Å². The van der Waals surface area contributed by atoms with Gasteiger partial charge in [0.15, 0.2) is 11.6 Å². The number of hydrogen-bond acceptors (Lipinski definition) is 5. The monoisotopic (exact) mass is 239 g/mol. The Bertz CT molecular complexity index is 421. The lowest BCUT2D eigenvalue weighted by molar-refractivity contribution is -0.122. The van der Waals surface area contributed by atoms with Crippen LogP contribution >= 0.6 is 0 Å². The highest BCUT2D eigenvalue weighted by Crippen LogP contribution is 2.28. The number of amides is 1. The van der Waals surface area contributed by atoms with E-state index >= 15 is 0 Å². The molecule has 7 heteroatoms. The molecule has 1 heterocycles. The average molecular weight is 239 g/mol. The molecule has 2 rings (SSSR count). The summed E-state index contributed by atoms with van der Waals surface area (Å²) in [5.41, 5.74) is 5.33. The predicted octanol–water partition coefficient (Wildman–Crippen LogP) is 0.136. The van der Waals surface area contributed by atoms with Crippen molar-refractivity contribution in [3.8, 4) is 0 Å². The van der Waals surface area contributed by atoms with Crippen molar-refractivity contribution in [1.82, 2.24) is 15.3 Å². The lowest BCUT2D eigenvalue weighted by Gasteiger charge is -2.07. The number of halogens is 1. The summed E-state index contributed by atoms with van der Waals surface area (Å²) in [5, 5.41) is 5.50. The standard InChI is InChI=1S/C10H14FN5O/c11-7-5-15-10(12)16-8(7)13-3-4-14-9(17)6-1-2-6/h5-6H,1-4H2,(H,14,17)(H3,12,13,15,16). The summed E-state index contributed by atoms with van der Waals surface area (Å²) in [6.45, 7) is 0.824. The van der Waals surface area contributed by atoms with Crippen molar-refractivity contribution >= 4 is 17.7 Å². The third-order valence-corrected chi connectivity index (χ3v) is 2.43. The van der Waals surface area contributed by atoms with Crippen molar-refractivity contribution in [1.29, 1.82) is 0 Å². The highest BCUT2D eigenvalue weighted by molar-refractivity contribution is 5.80. The number of aromatic nitrogens is 2. The Kier molecular flexibility index (Phi) is 3.36. The number of rotatable bonds is 5. The van der Waals surface area contributed by atoms with E-state index in [0.717, 1.165) is 19.0 Å². The summed E-state index contributed by atoms with van der Waals surface area (Å²) in [7, 11) is 0. The number of hydrogen-bond donors (Lipinski definition) is 3. The zero-order valence-corrected chi connectivity index (χ0v) is 9.24. The molecule has 4 N–H and O–H groups in total. The topological polar surface area (TPSA) is 92.9 Å². The Morgan fingerprint density at radius 3 is 3.00 bits per heavy atom. The molecule has 1 amide bonds. The van der Waals surface area contributed by atoms with Crippen LogP contribution in [0.1, 0.15) is 12.8 Å². The molecule has 1 saturated carbocycles. The van der Waals surface area contributed by atoms with Gasteiger partial charge in [0.05, 0.1) is 6.20 Å². The number of anilines is 2. The van der Waals surface area contributed by atoms with Crippen molar-refractivity contribution < 1.29 is 9.18 Å². The molecule has 1 fully saturated rings. The molecule has 0 spiro atoms. The van der Waals surface area contributed by atoms with Gasteiger partial charge in [0.2, 0.25) is 11.9 Å². The van der Waals surface area contributed by atoms with Gasteiger partial charge >= 0.3 is 0 Å². The van der Waals surface area contributed by atoms with E-state index in [4.69, 9.17) is 5.73 Å². The van der Waals surface area contributed by atoms with Gasteiger partial charge < -0.3 is 16.4 Å². The van der Waals surface area contributed by atoms with E-state index in [9.17, 15) is 9.18 Å². The van der Waals surface area contributed by atoms with E-state index in [1.165, 1.54) is 0 Å². The quantitative estimate of drug-likeness (QED) is 0.635. The minimum atomic E-state index is -0.562. The summed E-state index contributed by atoms with van der Waals surface area (Å²) in [6, 6.07) is 0. The van der Waals surface area contributed by atoms with Crippen LogP contribution in [0.2, 0.25) is 0 Å². The van der Waals surface area contributed by atoms with E-state index in [2.05, 4.69) is 20.6 Å². The van der Waals surface area contributed by atoms with Crippen LogP contribution in [-0.2, 0) is 4.79 Å². The fraction of sp³-hybridized carbons (Fsp3) is 0.500. The fourth-order valence-electron chi connectivity index (χ4n) is 1.36. The van der Waals surface area contributed by atoms with E-state index in [1.54, 1.807) is 0 Å². The first-order valence-electron chi connectivity index (χ1n) is 5.46. The van der Waals surface area contributed by atoms with Crippen molar-refractivity contribution in [2.24, 2.45) is 5.92 Å². The molecule has 0 unspecified atom stereocenters. The van der Waals surface area contributed by atoms with Crippen molar-refractivity contribution in [3.05, 3.63) is 12.0 Å². The van der Waals surface area contributed by atoms with Gasteiger partial charge in [-0.25, -0.2) is 9.37 Å². The number of nitrogens with two attached hydrogens (primary N) is 1. The molecular weight excluding hydrogens is 225 g/mol. The van der Waals surface area contributed by atoms with E-state index in [0.29, 0.717) is 13.1 Å². The minimum absolute atomic E-state index is 0.0101. The van der Waals surface area contributed by atoms with Crippen molar-refractivity contribution in [2.75, 3.05) is 24.1 Å². The van der Waals surface area contributed by atoms with Gasteiger partial charge in [0.1, 0.15) is 0 Å². The second-order valence-corrected chi connectivity index (χ2v) is 3.92. The molecule has 0 bridgehead atoms. The molecule has 1 aliphatic carbocycles. The number of carbonyl (C=O) groups excluding carboxylic acids is 1. The Balaban J connectivity index is 1.73. The fourth-order valence-corrected chi connectivity index (χ4v) is 1.36. The normalized spacial score (nSPS) is 14.4. The number of nitrogens with one attached hydrogen (secondary N) is 2. The molecule has 0 saturated heterocycles. The van der Waals surface area contributed by atoms with Crippen LogP contribution in [0.4, 0.5) is 16.2 Å². The maximum absolute atomic E-state index is 13.2. The lowest BCUT2D eigenvalue weighted by Crippen LogP contribution is -2.30. The Morgan fingerprint density at radius 1 is 1.53 bits per heavy atom. The van der Waals surface area contributed by atoms with Crippen LogP contribution in [0.15, 0.2) is 6.20 Å². The van der Waals surface area contributed by atoms with Crippen LogP contribution in [0.3, 0.4) is 0 Å².